The summed E-state index contributed by atoms with van der Waals surface area (Å²) in [5, 5.41) is 0. The Morgan fingerprint density at radius 3 is 2.33 bits per heavy atom. The maximum Gasteiger partial charge on any atom is 0.200 e. The van der Waals surface area contributed by atoms with Crippen molar-refractivity contribution in [3.8, 4) is 5.75 Å². The van der Waals surface area contributed by atoms with Gasteiger partial charge in [-0.05, 0) is 69.4 Å². The van der Waals surface area contributed by atoms with Crippen LogP contribution >= 0.6 is 45.2 Å². The highest BCUT2D eigenvalue weighted by Gasteiger charge is 2.07. The molecule has 2 rings (SSSR count). The summed E-state index contributed by atoms with van der Waals surface area (Å²) < 4.78 is 7.64. The fourth-order valence-corrected chi connectivity index (χ4v) is 2.33. The van der Waals surface area contributed by atoms with Crippen LogP contribution in [0.3, 0.4) is 0 Å². The number of carbonyl (C=O) groups excluding carboxylic acids is 1. The monoisotopic (exact) mass is 464 g/mol. The van der Waals surface area contributed by atoms with Crippen molar-refractivity contribution < 1.29 is 9.53 Å². The Balaban J connectivity index is 2.01. The number of rotatable bonds is 4. The van der Waals surface area contributed by atoms with Gasteiger partial charge >= 0.3 is 0 Å². The summed E-state index contributed by atoms with van der Waals surface area (Å²) in [6.45, 7) is 0.0700. The third-order valence-corrected chi connectivity index (χ3v) is 3.97. The number of benzene rings is 2. The van der Waals surface area contributed by atoms with Crippen molar-refractivity contribution in [2.24, 2.45) is 0 Å². The summed E-state index contributed by atoms with van der Waals surface area (Å²) in [4.78, 5) is 11.9. The summed E-state index contributed by atoms with van der Waals surface area (Å²) in [5.74, 6) is 0.739. The molecule has 92 valence electrons. The quantitative estimate of drug-likeness (QED) is 0.502. The molecule has 0 spiro atoms. The van der Waals surface area contributed by atoms with Crippen molar-refractivity contribution >= 4 is 51.0 Å². The maximum absolute atomic E-state index is 11.9. The number of hydrogen-bond acceptors (Lipinski definition) is 2. The van der Waals surface area contributed by atoms with Crippen molar-refractivity contribution in [3.05, 3.63) is 61.2 Å². The van der Waals surface area contributed by atoms with Gasteiger partial charge in [0, 0.05) is 9.13 Å². The van der Waals surface area contributed by atoms with E-state index in [0.29, 0.717) is 5.56 Å². The minimum absolute atomic E-state index is 0.00828. The van der Waals surface area contributed by atoms with Gasteiger partial charge in [-0.25, -0.2) is 0 Å². The fraction of sp³-hybridized carbons (Fsp3) is 0.0714. The molecule has 0 N–H and O–H groups in total. The summed E-state index contributed by atoms with van der Waals surface area (Å²) >= 11 is 4.40. The number of ether oxygens (including phenoxy) is 1. The third-order valence-electron chi connectivity index (χ3n) is 2.36. The van der Waals surface area contributed by atoms with Gasteiger partial charge in [-0.1, -0.05) is 24.3 Å². The third kappa shape index (κ3) is 3.68. The molecule has 0 aliphatic carbocycles. The molecule has 0 heterocycles. The van der Waals surface area contributed by atoms with E-state index in [1.54, 1.807) is 0 Å². The predicted octanol–water partition coefficient (Wildman–Crippen LogP) is 4.16. The molecular weight excluding hydrogens is 454 g/mol. The van der Waals surface area contributed by atoms with Crippen molar-refractivity contribution in [1.29, 1.82) is 0 Å². The molecule has 0 aliphatic rings. The van der Waals surface area contributed by atoms with Gasteiger partial charge in [-0.3, -0.25) is 4.79 Å². The Bertz CT molecular complexity index is 550. The molecule has 18 heavy (non-hydrogen) atoms. The first-order valence-electron chi connectivity index (χ1n) is 5.33. The van der Waals surface area contributed by atoms with Crippen LogP contribution in [0.5, 0.6) is 5.75 Å². The second kappa shape index (κ2) is 6.51. The average Bonchev–Trinajstić information content (AvgIpc) is 2.38. The molecule has 2 aromatic carbocycles. The molecule has 0 unspecified atom stereocenters. The van der Waals surface area contributed by atoms with Crippen LogP contribution in [0.2, 0.25) is 0 Å². The highest BCUT2D eigenvalue weighted by atomic mass is 127. The zero-order valence-corrected chi connectivity index (χ0v) is 13.7. The van der Waals surface area contributed by atoms with Gasteiger partial charge in [0.25, 0.3) is 0 Å². The smallest absolute Gasteiger partial charge is 0.200 e. The van der Waals surface area contributed by atoms with E-state index >= 15 is 0 Å². The summed E-state index contributed by atoms with van der Waals surface area (Å²) in [7, 11) is 0. The molecule has 0 radical (unpaired) electrons. The van der Waals surface area contributed by atoms with Gasteiger partial charge < -0.3 is 4.74 Å². The number of para-hydroxylation sites is 1. The normalized spacial score (nSPS) is 10.1. The molecule has 2 aromatic rings. The first-order valence-corrected chi connectivity index (χ1v) is 7.48. The van der Waals surface area contributed by atoms with Crippen LogP contribution < -0.4 is 4.74 Å². The molecular formula is C14H10I2O2. The van der Waals surface area contributed by atoms with Crippen LogP contribution in [0, 0.1) is 7.14 Å². The second-order valence-corrected chi connectivity index (χ2v) is 6.06. The van der Waals surface area contributed by atoms with Crippen LogP contribution in [0.25, 0.3) is 0 Å². The molecule has 2 nitrogen and oxygen atoms in total. The Hall–Kier alpha value is -0.630. The Kier molecular flexibility index (Phi) is 4.99. The van der Waals surface area contributed by atoms with Crippen LogP contribution in [-0.2, 0) is 0 Å². The molecule has 0 saturated heterocycles. The molecule has 0 saturated carbocycles. The number of ketones is 1. The summed E-state index contributed by atoms with van der Waals surface area (Å²) in [5.41, 5.74) is 0.682. The topological polar surface area (TPSA) is 26.3 Å². The number of carbonyl (C=O) groups is 1. The van der Waals surface area contributed by atoms with Gasteiger partial charge in [0.15, 0.2) is 12.4 Å². The van der Waals surface area contributed by atoms with E-state index in [0.717, 1.165) is 12.9 Å². The molecule has 0 bridgehead atoms. The van der Waals surface area contributed by atoms with Crippen molar-refractivity contribution in [2.75, 3.05) is 6.61 Å². The van der Waals surface area contributed by atoms with E-state index in [4.69, 9.17) is 4.74 Å². The van der Waals surface area contributed by atoms with E-state index < -0.39 is 0 Å². The standard InChI is InChI=1S/C14H10I2O2/c15-11-7-5-10(6-8-11)13(17)9-18-14-4-2-1-3-12(14)16/h1-8H,9H2. The summed E-state index contributed by atoms with van der Waals surface area (Å²) in [6, 6.07) is 15.1. The number of hydrogen-bond donors (Lipinski definition) is 0. The zero-order valence-electron chi connectivity index (χ0n) is 9.40. The maximum atomic E-state index is 11.9. The average molecular weight is 464 g/mol. The van der Waals surface area contributed by atoms with Gasteiger partial charge in [0.2, 0.25) is 0 Å². The van der Waals surface area contributed by atoms with Crippen molar-refractivity contribution in [1.82, 2.24) is 0 Å². The van der Waals surface area contributed by atoms with Gasteiger partial charge in [-0.2, -0.15) is 0 Å². The lowest BCUT2D eigenvalue weighted by atomic mass is 10.1. The van der Waals surface area contributed by atoms with Gasteiger partial charge in [0.05, 0.1) is 3.57 Å². The minimum Gasteiger partial charge on any atom is -0.484 e. The second-order valence-electron chi connectivity index (χ2n) is 3.65. The Morgan fingerprint density at radius 1 is 1.00 bits per heavy atom. The van der Waals surface area contributed by atoms with Gasteiger partial charge in [-0.15, -0.1) is 0 Å². The van der Waals surface area contributed by atoms with Crippen LogP contribution in [0.4, 0.5) is 0 Å². The van der Waals surface area contributed by atoms with E-state index in [2.05, 4.69) is 45.2 Å². The van der Waals surface area contributed by atoms with E-state index in [-0.39, 0.29) is 12.4 Å². The largest absolute Gasteiger partial charge is 0.484 e. The van der Waals surface area contributed by atoms with E-state index in [9.17, 15) is 4.79 Å². The molecule has 4 heteroatoms. The molecule has 0 aliphatic heterocycles. The number of Topliss-reactive ketones (excluding diaryl/α,β-unsaturated/α-hetero) is 1. The van der Waals surface area contributed by atoms with Crippen LogP contribution in [-0.4, -0.2) is 12.4 Å². The fourth-order valence-electron chi connectivity index (χ4n) is 1.42. The lowest BCUT2D eigenvalue weighted by molar-refractivity contribution is 0.0921. The highest BCUT2D eigenvalue weighted by molar-refractivity contribution is 14.1. The zero-order chi connectivity index (χ0) is 13.0. The highest BCUT2D eigenvalue weighted by Crippen LogP contribution is 2.19. The van der Waals surface area contributed by atoms with Gasteiger partial charge in [0.1, 0.15) is 5.75 Å². The SMILES string of the molecule is O=C(COc1ccccc1I)c1ccc(I)cc1. The predicted molar refractivity (Wildman–Crippen MR) is 88.1 cm³/mol. The Labute approximate surface area is 133 Å². The lowest BCUT2D eigenvalue weighted by Crippen LogP contribution is -2.12. The first-order chi connectivity index (χ1) is 8.66. The molecule has 0 aromatic heterocycles. The minimum atomic E-state index is -0.00828. The summed E-state index contributed by atoms with van der Waals surface area (Å²) in [6.07, 6.45) is 0. The lowest BCUT2D eigenvalue weighted by Gasteiger charge is -2.07. The Morgan fingerprint density at radius 2 is 1.67 bits per heavy atom. The van der Waals surface area contributed by atoms with Crippen LogP contribution in [0.15, 0.2) is 48.5 Å². The molecule has 0 fully saturated rings. The first kappa shape index (κ1) is 13.8. The molecule has 0 atom stereocenters. The van der Waals surface area contributed by atoms with E-state index in [1.807, 2.05) is 48.5 Å². The molecule has 0 amide bonds. The number of halogens is 2. The van der Waals surface area contributed by atoms with Crippen molar-refractivity contribution in [2.45, 2.75) is 0 Å². The van der Waals surface area contributed by atoms with Crippen molar-refractivity contribution in [3.63, 3.8) is 0 Å². The van der Waals surface area contributed by atoms with Crippen LogP contribution in [0.1, 0.15) is 10.4 Å². The van der Waals surface area contributed by atoms with E-state index in [1.165, 1.54) is 0 Å².